The molecule has 1 heterocycles. The Morgan fingerprint density at radius 2 is 1.74 bits per heavy atom. The summed E-state index contributed by atoms with van der Waals surface area (Å²) in [5.41, 5.74) is 1.07. The predicted molar refractivity (Wildman–Crippen MR) is 124 cm³/mol. The van der Waals surface area contributed by atoms with Crippen molar-refractivity contribution in [2.75, 3.05) is 18.6 Å². The van der Waals surface area contributed by atoms with Crippen molar-refractivity contribution in [3.05, 3.63) is 71.8 Å². The molecule has 0 atom stereocenters. The molecule has 156 valence electrons. The monoisotopic (exact) mass is 432 g/mol. The number of thiocarbonyl (C=S) groups is 1. The highest BCUT2D eigenvalue weighted by Crippen LogP contribution is 2.34. The first-order chi connectivity index (χ1) is 15.0. The van der Waals surface area contributed by atoms with Gasteiger partial charge in [0.15, 0.2) is 5.11 Å². The third-order valence-electron chi connectivity index (χ3n) is 4.95. The lowest BCUT2D eigenvalue weighted by molar-refractivity contribution is -0.122. The van der Waals surface area contributed by atoms with E-state index in [1.165, 1.54) is 12.0 Å². The van der Waals surface area contributed by atoms with Crippen molar-refractivity contribution in [3.8, 4) is 11.5 Å². The second-order valence-electron chi connectivity index (χ2n) is 6.76. The Morgan fingerprint density at radius 3 is 2.52 bits per heavy atom. The quantitative estimate of drug-likeness (QED) is 0.374. The molecule has 7 heteroatoms. The van der Waals surface area contributed by atoms with Crippen LogP contribution in [0.3, 0.4) is 0 Å². The number of carbonyl (C=O) groups is 2. The summed E-state index contributed by atoms with van der Waals surface area (Å²) in [6, 6.07) is 18.5. The van der Waals surface area contributed by atoms with Gasteiger partial charge in [0.25, 0.3) is 11.8 Å². The van der Waals surface area contributed by atoms with Crippen LogP contribution in [0.5, 0.6) is 11.5 Å². The summed E-state index contributed by atoms with van der Waals surface area (Å²) in [6.45, 7) is 2.33. The fourth-order valence-corrected chi connectivity index (χ4v) is 3.81. The zero-order valence-electron chi connectivity index (χ0n) is 17.0. The molecule has 0 bridgehead atoms. The van der Waals surface area contributed by atoms with Crippen molar-refractivity contribution >= 4 is 51.7 Å². The Bertz CT molecular complexity index is 1240. The summed E-state index contributed by atoms with van der Waals surface area (Å²) in [4.78, 5) is 27.5. The average molecular weight is 433 g/mol. The number of carbonyl (C=O) groups excluding carboxylic acids is 2. The first-order valence-corrected chi connectivity index (χ1v) is 10.1. The molecular formula is C24H20N2O4S. The normalized spacial score (nSPS) is 15.4. The van der Waals surface area contributed by atoms with E-state index in [0.717, 1.165) is 10.8 Å². The van der Waals surface area contributed by atoms with Gasteiger partial charge in [0.1, 0.15) is 17.1 Å². The fraction of sp³-hybridized carbons (Fsp3) is 0.125. The summed E-state index contributed by atoms with van der Waals surface area (Å²) in [5.74, 6) is -0.0367. The summed E-state index contributed by atoms with van der Waals surface area (Å²) < 4.78 is 11.2. The first kappa shape index (κ1) is 20.6. The number of para-hydroxylation sites is 2. The molecule has 0 spiro atoms. The van der Waals surface area contributed by atoms with Gasteiger partial charge in [-0.25, -0.2) is 4.90 Å². The van der Waals surface area contributed by atoms with Gasteiger partial charge in [0.2, 0.25) is 0 Å². The molecule has 4 rings (SSSR count). The molecule has 0 unspecified atom stereocenters. The molecule has 6 nitrogen and oxygen atoms in total. The third kappa shape index (κ3) is 3.75. The van der Waals surface area contributed by atoms with Gasteiger partial charge in [0.05, 0.1) is 19.4 Å². The van der Waals surface area contributed by atoms with E-state index in [1.807, 2.05) is 43.3 Å². The number of amides is 2. The highest BCUT2D eigenvalue weighted by Gasteiger charge is 2.36. The van der Waals surface area contributed by atoms with E-state index in [2.05, 4.69) is 5.32 Å². The van der Waals surface area contributed by atoms with Crippen molar-refractivity contribution in [1.29, 1.82) is 0 Å². The van der Waals surface area contributed by atoms with Crippen LogP contribution in [0.15, 0.2) is 66.2 Å². The number of nitrogens with zero attached hydrogens (tertiary/aromatic N) is 1. The number of methoxy groups -OCH3 is 1. The summed E-state index contributed by atoms with van der Waals surface area (Å²) in [7, 11) is 1.51. The summed E-state index contributed by atoms with van der Waals surface area (Å²) in [5, 5.41) is 4.46. The Kier molecular flexibility index (Phi) is 5.68. The van der Waals surface area contributed by atoms with Gasteiger partial charge in [-0.1, -0.05) is 42.5 Å². The third-order valence-corrected chi connectivity index (χ3v) is 5.23. The van der Waals surface area contributed by atoms with E-state index < -0.39 is 11.8 Å². The molecule has 3 aromatic carbocycles. The van der Waals surface area contributed by atoms with Gasteiger partial charge in [-0.3, -0.25) is 14.9 Å². The number of anilines is 1. The molecule has 1 aliphatic heterocycles. The molecule has 1 fully saturated rings. The molecule has 2 amide bonds. The zero-order valence-corrected chi connectivity index (χ0v) is 17.9. The Balaban J connectivity index is 1.88. The van der Waals surface area contributed by atoms with Crippen LogP contribution in [-0.4, -0.2) is 30.6 Å². The minimum absolute atomic E-state index is 0.000369. The standard InChI is InChI=1S/C24H20N2O4S/c1-3-30-20-13-12-15-8-4-5-9-16(15)17(20)14-18-22(27)25-24(31)26(23(18)28)19-10-6-7-11-21(19)29-2/h4-14H,3H2,1-2H3,(H,25,27,31)/b18-14+. The Labute approximate surface area is 185 Å². The highest BCUT2D eigenvalue weighted by atomic mass is 32.1. The molecule has 0 radical (unpaired) electrons. The fourth-order valence-electron chi connectivity index (χ4n) is 3.54. The van der Waals surface area contributed by atoms with Crippen molar-refractivity contribution < 1.29 is 19.1 Å². The zero-order chi connectivity index (χ0) is 22.0. The van der Waals surface area contributed by atoms with E-state index >= 15 is 0 Å². The molecule has 1 saturated heterocycles. The highest BCUT2D eigenvalue weighted by molar-refractivity contribution is 7.80. The van der Waals surface area contributed by atoms with E-state index in [4.69, 9.17) is 21.7 Å². The van der Waals surface area contributed by atoms with Crippen LogP contribution in [0.1, 0.15) is 12.5 Å². The van der Waals surface area contributed by atoms with Gasteiger partial charge in [-0.15, -0.1) is 0 Å². The number of hydrogen-bond acceptors (Lipinski definition) is 5. The lowest BCUT2D eigenvalue weighted by Gasteiger charge is -2.30. The van der Waals surface area contributed by atoms with Gasteiger partial charge in [-0.05, 0) is 54.2 Å². The van der Waals surface area contributed by atoms with E-state index in [9.17, 15) is 9.59 Å². The number of nitrogens with one attached hydrogen (secondary N) is 1. The molecule has 0 aliphatic carbocycles. The number of benzene rings is 3. The number of hydrogen-bond donors (Lipinski definition) is 1. The lowest BCUT2D eigenvalue weighted by atomic mass is 9.99. The van der Waals surface area contributed by atoms with E-state index in [0.29, 0.717) is 29.4 Å². The number of ether oxygens (including phenoxy) is 2. The SMILES string of the molecule is CCOc1ccc2ccccc2c1/C=C1\C(=O)NC(=S)N(c2ccccc2OC)C1=O. The van der Waals surface area contributed by atoms with Crippen molar-refractivity contribution in [3.63, 3.8) is 0 Å². The van der Waals surface area contributed by atoms with Crippen LogP contribution in [0, 0.1) is 0 Å². The molecule has 1 N–H and O–H groups in total. The molecule has 0 aromatic heterocycles. The van der Waals surface area contributed by atoms with Crippen LogP contribution in [0.4, 0.5) is 5.69 Å². The Morgan fingerprint density at radius 1 is 1.00 bits per heavy atom. The van der Waals surface area contributed by atoms with Crippen molar-refractivity contribution in [1.82, 2.24) is 5.32 Å². The van der Waals surface area contributed by atoms with Gasteiger partial charge in [-0.2, -0.15) is 0 Å². The molecule has 0 saturated carbocycles. The first-order valence-electron chi connectivity index (χ1n) is 9.74. The van der Waals surface area contributed by atoms with E-state index in [-0.39, 0.29) is 10.7 Å². The topological polar surface area (TPSA) is 67.9 Å². The number of fused-ring (bicyclic) bond motifs is 1. The van der Waals surface area contributed by atoms with Crippen LogP contribution >= 0.6 is 12.2 Å². The van der Waals surface area contributed by atoms with Crippen LogP contribution in [-0.2, 0) is 9.59 Å². The van der Waals surface area contributed by atoms with Crippen molar-refractivity contribution in [2.45, 2.75) is 6.92 Å². The average Bonchev–Trinajstić information content (AvgIpc) is 2.78. The smallest absolute Gasteiger partial charge is 0.270 e. The summed E-state index contributed by atoms with van der Waals surface area (Å²) >= 11 is 5.30. The van der Waals surface area contributed by atoms with Gasteiger partial charge in [0, 0.05) is 5.56 Å². The van der Waals surface area contributed by atoms with Crippen molar-refractivity contribution in [2.24, 2.45) is 0 Å². The number of rotatable bonds is 5. The second-order valence-corrected chi connectivity index (χ2v) is 7.15. The van der Waals surface area contributed by atoms with Gasteiger partial charge >= 0.3 is 0 Å². The molecular weight excluding hydrogens is 412 g/mol. The maximum Gasteiger partial charge on any atom is 0.270 e. The van der Waals surface area contributed by atoms with Gasteiger partial charge < -0.3 is 9.47 Å². The van der Waals surface area contributed by atoms with Crippen LogP contribution in [0.2, 0.25) is 0 Å². The van der Waals surface area contributed by atoms with Crippen LogP contribution in [0.25, 0.3) is 16.8 Å². The molecule has 31 heavy (non-hydrogen) atoms. The second kappa shape index (κ2) is 8.57. The maximum absolute atomic E-state index is 13.4. The maximum atomic E-state index is 13.4. The van der Waals surface area contributed by atoms with Crippen LogP contribution < -0.4 is 19.7 Å². The lowest BCUT2D eigenvalue weighted by Crippen LogP contribution is -2.54. The minimum atomic E-state index is -0.559. The largest absolute Gasteiger partial charge is 0.495 e. The minimum Gasteiger partial charge on any atom is -0.495 e. The Hall–Kier alpha value is -3.71. The predicted octanol–water partition coefficient (Wildman–Crippen LogP) is 4.08. The summed E-state index contributed by atoms with van der Waals surface area (Å²) in [6.07, 6.45) is 1.56. The molecule has 3 aromatic rings. The van der Waals surface area contributed by atoms with E-state index in [1.54, 1.807) is 30.3 Å². The molecule has 1 aliphatic rings.